The quantitative estimate of drug-likeness (QED) is 0.243. The molecule has 0 aliphatic carbocycles. The number of hydrogen-bond acceptors (Lipinski definition) is 3. The molecule has 0 radical (unpaired) electrons. The van der Waals surface area contributed by atoms with Crippen molar-refractivity contribution >= 4 is 35.8 Å². The van der Waals surface area contributed by atoms with E-state index in [0.29, 0.717) is 19.7 Å². The van der Waals surface area contributed by atoms with Gasteiger partial charge in [0, 0.05) is 32.2 Å². The van der Waals surface area contributed by atoms with Crippen molar-refractivity contribution in [3.63, 3.8) is 0 Å². The molecule has 2 aromatic rings. The molecule has 168 valence electrons. The Morgan fingerprint density at radius 1 is 1.00 bits per heavy atom. The number of nitrogens with one attached hydrogen (secondary N) is 2. The Kier molecular flexibility index (Phi) is 10.6. The van der Waals surface area contributed by atoms with Crippen molar-refractivity contribution in [1.29, 1.82) is 0 Å². The summed E-state index contributed by atoms with van der Waals surface area (Å²) in [5.41, 5.74) is 3.08. The first kappa shape index (κ1) is 25.0. The minimum atomic E-state index is 0. The first-order valence-corrected chi connectivity index (χ1v) is 10.7. The summed E-state index contributed by atoms with van der Waals surface area (Å²) in [5.74, 6) is 1.72. The molecule has 1 aliphatic heterocycles. The third kappa shape index (κ3) is 8.05. The highest BCUT2D eigenvalue weighted by Crippen LogP contribution is 2.14. The number of guanidine groups is 1. The van der Waals surface area contributed by atoms with Crippen LogP contribution >= 0.6 is 24.0 Å². The summed E-state index contributed by atoms with van der Waals surface area (Å²) in [5, 5.41) is 6.54. The van der Waals surface area contributed by atoms with E-state index in [9.17, 15) is 4.79 Å². The topological polar surface area (TPSA) is 66.0 Å². The normalized spacial score (nSPS) is 13.9. The van der Waals surface area contributed by atoms with Gasteiger partial charge in [0.2, 0.25) is 0 Å². The number of nitrogens with zero attached hydrogens (tertiary/aromatic N) is 2. The highest BCUT2D eigenvalue weighted by atomic mass is 127. The smallest absolute Gasteiger partial charge is 0.253 e. The lowest BCUT2D eigenvalue weighted by molar-refractivity contribution is 0.0724. The van der Waals surface area contributed by atoms with Crippen molar-refractivity contribution < 1.29 is 9.53 Å². The minimum absolute atomic E-state index is 0. The van der Waals surface area contributed by atoms with E-state index in [0.717, 1.165) is 48.8 Å². The second-order valence-electron chi connectivity index (χ2n) is 7.56. The molecule has 0 saturated carbocycles. The van der Waals surface area contributed by atoms with Gasteiger partial charge in [0.1, 0.15) is 12.4 Å². The predicted molar refractivity (Wildman–Crippen MR) is 136 cm³/mol. The number of halogens is 1. The van der Waals surface area contributed by atoms with Crippen molar-refractivity contribution in [2.24, 2.45) is 4.99 Å². The van der Waals surface area contributed by atoms with Gasteiger partial charge in [-0.2, -0.15) is 0 Å². The molecular weight excluding hydrogens is 503 g/mol. The van der Waals surface area contributed by atoms with Gasteiger partial charge in [-0.15, -0.1) is 24.0 Å². The van der Waals surface area contributed by atoms with Crippen molar-refractivity contribution in [3.8, 4) is 5.75 Å². The summed E-state index contributed by atoms with van der Waals surface area (Å²) in [6.45, 7) is 5.64. The number of amides is 1. The SMILES string of the molecule is CN=C(NCCOc1ccc(C)cc1)NCc1ccc(C(=O)N2CCCCC2)cc1.I. The highest BCUT2D eigenvalue weighted by molar-refractivity contribution is 14.0. The number of benzene rings is 2. The van der Waals surface area contributed by atoms with E-state index in [1.54, 1.807) is 7.05 Å². The van der Waals surface area contributed by atoms with E-state index < -0.39 is 0 Å². The Morgan fingerprint density at radius 2 is 1.68 bits per heavy atom. The molecule has 0 spiro atoms. The zero-order valence-corrected chi connectivity index (χ0v) is 20.7. The summed E-state index contributed by atoms with van der Waals surface area (Å²) in [6.07, 6.45) is 3.44. The lowest BCUT2D eigenvalue weighted by Crippen LogP contribution is -2.38. The molecule has 0 unspecified atom stereocenters. The molecule has 1 aliphatic rings. The predicted octanol–water partition coefficient (Wildman–Crippen LogP) is 3.98. The largest absolute Gasteiger partial charge is 0.492 e. The first-order chi connectivity index (χ1) is 14.7. The fourth-order valence-corrected chi connectivity index (χ4v) is 3.42. The maximum absolute atomic E-state index is 12.6. The minimum Gasteiger partial charge on any atom is -0.492 e. The van der Waals surface area contributed by atoms with Gasteiger partial charge in [-0.05, 0) is 56.0 Å². The van der Waals surface area contributed by atoms with E-state index in [2.05, 4.69) is 22.5 Å². The number of likely N-dealkylation sites (tertiary alicyclic amines) is 1. The summed E-state index contributed by atoms with van der Waals surface area (Å²) in [7, 11) is 1.75. The summed E-state index contributed by atoms with van der Waals surface area (Å²) >= 11 is 0. The highest BCUT2D eigenvalue weighted by Gasteiger charge is 2.17. The number of ether oxygens (including phenoxy) is 1. The van der Waals surface area contributed by atoms with Gasteiger partial charge >= 0.3 is 0 Å². The second-order valence-corrected chi connectivity index (χ2v) is 7.56. The number of carbonyl (C=O) groups excluding carboxylic acids is 1. The Balaban J connectivity index is 0.00000341. The molecule has 31 heavy (non-hydrogen) atoms. The Hall–Kier alpha value is -2.29. The third-order valence-electron chi connectivity index (χ3n) is 5.21. The van der Waals surface area contributed by atoms with Crippen LogP contribution in [-0.2, 0) is 6.54 Å². The van der Waals surface area contributed by atoms with Crippen LogP contribution in [0, 0.1) is 6.92 Å². The van der Waals surface area contributed by atoms with Crippen molar-refractivity contribution in [2.75, 3.05) is 33.3 Å². The van der Waals surface area contributed by atoms with Gasteiger partial charge < -0.3 is 20.3 Å². The van der Waals surface area contributed by atoms with Crippen LogP contribution in [0.5, 0.6) is 5.75 Å². The Labute approximate surface area is 202 Å². The zero-order chi connectivity index (χ0) is 21.2. The van der Waals surface area contributed by atoms with Gasteiger partial charge in [-0.25, -0.2) is 0 Å². The molecule has 2 aromatic carbocycles. The molecule has 0 bridgehead atoms. The van der Waals surface area contributed by atoms with Crippen LogP contribution in [0.1, 0.15) is 40.7 Å². The number of rotatable bonds is 7. The van der Waals surface area contributed by atoms with Gasteiger partial charge in [0.15, 0.2) is 5.96 Å². The molecule has 0 aromatic heterocycles. The van der Waals surface area contributed by atoms with Crippen molar-refractivity contribution in [2.45, 2.75) is 32.7 Å². The van der Waals surface area contributed by atoms with Crippen LogP contribution in [0.15, 0.2) is 53.5 Å². The van der Waals surface area contributed by atoms with Gasteiger partial charge in [-0.1, -0.05) is 29.8 Å². The zero-order valence-electron chi connectivity index (χ0n) is 18.4. The average Bonchev–Trinajstić information content (AvgIpc) is 2.80. The fourth-order valence-electron chi connectivity index (χ4n) is 3.42. The van der Waals surface area contributed by atoms with Gasteiger partial charge in [-0.3, -0.25) is 9.79 Å². The lowest BCUT2D eigenvalue weighted by atomic mass is 10.1. The maximum Gasteiger partial charge on any atom is 0.253 e. The van der Waals surface area contributed by atoms with Gasteiger partial charge in [0.25, 0.3) is 5.91 Å². The molecule has 0 atom stereocenters. The Bertz CT molecular complexity index is 832. The number of aryl methyl sites for hydroxylation is 1. The maximum atomic E-state index is 12.6. The van der Waals surface area contributed by atoms with Crippen molar-refractivity contribution in [1.82, 2.24) is 15.5 Å². The first-order valence-electron chi connectivity index (χ1n) is 10.7. The van der Waals surface area contributed by atoms with E-state index in [1.165, 1.54) is 12.0 Å². The monoisotopic (exact) mass is 536 g/mol. The van der Waals surface area contributed by atoms with Crippen LogP contribution in [0.3, 0.4) is 0 Å². The van der Waals surface area contributed by atoms with E-state index >= 15 is 0 Å². The molecule has 6 nitrogen and oxygen atoms in total. The molecule has 7 heteroatoms. The number of aliphatic imine (C=N–C) groups is 1. The fraction of sp³-hybridized carbons (Fsp3) is 0.417. The van der Waals surface area contributed by atoms with Crippen molar-refractivity contribution in [3.05, 3.63) is 65.2 Å². The van der Waals surface area contributed by atoms with Crippen LogP contribution in [0.25, 0.3) is 0 Å². The summed E-state index contributed by atoms with van der Waals surface area (Å²) in [6, 6.07) is 15.8. The molecule has 1 heterocycles. The standard InChI is InChI=1S/C24H32N4O2.HI/c1-19-6-12-22(13-7-19)30-17-14-26-24(25-2)27-18-20-8-10-21(11-9-20)23(29)28-15-4-3-5-16-28;/h6-13H,3-5,14-18H2,1-2H3,(H2,25,26,27);1H. The number of carbonyl (C=O) groups is 1. The van der Waals surface area contributed by atoms with Crippen LogP contribution in [0.4, 0.5) is 0 Å². The second kappa shape index (κ2) is 13.2. The average molecular weight is 536 g/mol. The Morgan fingerprint density at radius 3 is 2.32 bits per heavy atom. The van der Waals surface area contributed by atoms with Crippen LogP contribution in [-0.4, -0.2) is 50.1 Å². The molecule has 2 N–H and O–H groups in total. The molecule has 1 amide bonds. The van der Waals surface area contributed by atoms with E-state index in [-0.39, 0.29) is 29.9 Å². The van der Waals surface area contributed by atoms with Gasteiger partial charge in [0.05, 0.1) is 6.54 Å². The third-order valence-corrected chi connectivity index (χ3v) is 5.21. The van der Waals surface area contributed by atoms with E-state index in [4.69, 9.17) is 4.74 Å². The molecular formula is C24H33IN4O2. The molecule has 3 rings (SSSR count). The number of hydrogen-bond donors (Lipinski definition) is 2. The summed E-state index contributed by atoms with van der Waals surface area (Å²) < 4.78 is 5.72. The molecule has 1 saturated heterocycles. The van der Waals surface area contributed by atoms with E-state index in [1.807, 2.05) is 53.4 Å². The van der Waals surface area contributed by atoms with Crippen LogP contribution in [0.2, 0.25) is 0 Å². The lowest BCUT2D eigenvalue weighted by Gasteiger charge is -2.26. The molecule has 1 fully saturated rings. The summed E-state index contributed by atoms with van der Waals surface area (Å²) in [4.78, 5) is 18.8. The van der Waals surface area contributed by atoms with Crippen LogP contribution < -0.4 is 15.4 Å². The number of piperidine rings is 1.